The average Bonchev–Trinajstić information content (AvgIpc) is 2.16. The normalized spacial score (nSPS) is 11.8. The van der Waals surface area contributed by atoms with Crippen molar-refractivity contribution in [1.82, 2.24) is 0 Å². The number of rotatable bonds is 3. The van der Waals surface area contributed by atoms with Gasteiger partial charge in [0.1, 0.15) is 0 Å². The Morgan fingerprint density at radius 1 is 0.750 bits per heavy atom. The molecular weight excluding hydrogens is 299 g/mol. The second kappa shape index (κ2) is 5.57. The van der Waals surface area contributed by atoms with Crippen molar-refractivity contribution in [3.05, 3.63) is 28.8 Å². The standard InChI is InChI=1S/C15H23.Sn/c1-10(2)13-7-14(11(3)4)9-15(8-13)12(5)6;/h7-8,10-12H,1-6H3;/q;-1. The molecule has 1 rings (SSSR count). The fraction of sp³-hybridized carbons (Fsp3) is 0.600. The van der Waals surface area contributed by atoms with Gasteiger partial charge in [0, 0.05) is 0 Å². The van der Waals surface area contributed by atoms with Crippen LogP contribution < -0.4 is 3.58 Å². The Labute approximate surface area is 114 Å². The summed E-state index contributed by atoms with van der Waals surface area (Å²) in [4.78, 5) is 0. The van der Waals surface area contributed by atoms with E-state index in [4.69, 9.17) is 0 Å². The minimum absolute atomic E-state index is 0.631. The van der Waals surface area contributed by atoms with Gasteiger partial charge in [0.15, 0.2) is 0 Å². The summed E-state index contributed by atoms with van der Waals surface area (Å²) in [5.41, 5.74) is 4.62. The molecule has 0 aromatic heterocycles. The van der Waals surface area contributed by atoms with E-state index in [9.17, 15) is 0 Å². The number of hydrogen-bond donors (Lipinski definition) is 0. The summed E-state index contributed by atoms with van der Waals surface area (Å²) in [6.07, 6.45) is 0. The molecule has 0 amide bonds. The Hall–Kier alpha value is 0.0187. The second-order valence-electron chi connectivity index (χ2n) is 5.54. The van der Waals surface area contributed by atoms with E-state index in [-0.39, 0.29) is 0 Å². The molecule has 0 aliphatic heterocycles. The van der Waals surface area contributed by atoms with Gasteiger partial charge >= 0.3 is 114 Å². The third-order valence-corrected chi connectivity index (χ3v) is 4.78. The predicted molar refractivity (Wildman–Crippen MR) is 74.1 cm³/mol. The van der Waals surface area contributed by atoms with Crippen LogP contribution in [0.25, 0.3) is 0 Å². The van der Waals surface area contributed by atoms with Gasteiger partial charge < -0.3 is 0 Å². The van der Waals surface area contributed by atoms with Crippen molar-refractivity contribution in [2.24, 2.45) is 0 Å². The SMILES string of the molecule is CC(C)c1cc(C(C)C)[c]([Sn-])c(C(C)C)c1. The molecule has 88 valence electrons. The maximum absolute atomic E-state index is 2.42. The molecule has 0 atom stereocenters. The summed E-state index contributed by atoms with van der Waals surface area (Å²) in [6, 6.07) is 4.84. The summed E-state index contributed by atoms with van der Waals surface area (Å²) >= 11 is 1.56. The van der Waals surface area contributed by atoms with Crippen LogP contribution in [0.4, 0.5) is 0 Å². The van der Waals surface area contributed by atoms with E-state index in [0.29, 0.717) is 17.8 Å². The van der Waals surface area contributed by atoms with E-state index < -0.39 is 0 Å². The molecule has 0 aliphatic rings. The van der Waals surface area contributed by atoms with Gasteiger partial charge in [-0.05, 0) is 0 Å². The summed E-state index contributed by atoms with van der Waals surface area (Å²) < 4.78 is 1.58. The Bertz CT molecular complexity index is 333. The van der Waals surface area contributed by atoms with Crippen molar-refractivity contribution in [2.45, 2.75) is 59.3 Å². The number of benzene rings is 1. The first kappa shape index (κ1) is 14.1. The van der Waals surface area contributed by atoms with Gasteiger partial charge in [-0.15, -0.1) is 0 Å². The van der Waals surface area contributed by atoms with E-state index in [1.165, 1.54) is 5.56 Å². The molecule has 0 saturated heterocycles. The fourth-order valence-electron chi connectivity index (χ4n) is 1.96. The second-order valence-corrected chi connectivity index (χ2v) is 6.97. The summed E-state index contributed by atoms with van der Waals surface area (Å²) in [5.74, 6) is 1.92. The molecule has 0 saturated carbocycles. The third kappa shape index (κ3) is 3.03. The molecule has 0 nitrogen and oxygen atoms in total. The van der Waals surface area contributed by atoms with Crippen molar-refractivity contribution in [1.29, 1.82) is 0 Å². The van der Waals surface area contributed by atoms with Gasteiger partial charge in [-0.25, -0.2) is 0 Å². The summed E-state index contributed by atoms with van der Waals surface area (Å²) in [5, 5.41) is 0. The van der Waals surface area contributed by atoms with Crippen LogP contribution in [0.5, 0.6) is 0 Å². The molecule has 0 unspecified atom stereocenters. The van der Waals surface area contributed by atoms with Crippen LogP contribution in [-0.2, 0) is 0 Å². The predicted octanol–water partition coefficient (Wildman–Crippen LogP) is 3.85. The van der Waals surface area contributed by atoms with Crippen LogP contribution in [0.1, 0.15) is 76.0 Å². The zero-order chi connectivity index (χ0) is 12.5. The van der Waals surface area contributed by atoms with E-state index in [0.717, 1.165) is 0 Å². The van der Waals surface area contributed by atoms with Crippen LogP contribution >= 0.6 is 0 Å². The molecule has 2 radical (unpaired) electrons. The van der Waals surface area contributed by atoms with Gasteiger partial charge in [0.25, 0.3) is 0 Å². The Balaban J connectivity index is 3.39. The monoisotopic (exact) mass is 323 g/mol. The van der Waals surface area contributed by atoms with E-state index in [1.54, 1.807) is 37.2 Å². The van der Waals surface area contributed by atoms with Crippen LogP contribution in [0.15, 0.2) is 12.1 Å². The fourth-order valence-corrected chi connectivity index (χ4v) is 4.02. The van der Waals surface area contributed by atoms with Crippen molar-refractivity contribution in [3.63, 3.8) is 0 Å². The van der Waals surface area contributed by atoms with Gasteiger partial charge in [-0.2, -0.15) is 0 Å². The molecule has 1 aromatic rings. The topological polar surface area (TPSA) is 0 Å². The van der Waals surface area contributed by atoms with Crippen LogP contribution in [0.2, 0.25) is 0 Å². The van der Waals surface area contributed by atoms with Crippen LogP contribution in [0, 0.1) is 0 Å². The third-order valence-electron chi connectivity index (χ3n) is 3.13. The molecule has 0 N–H and O–H groups in total. The van der Waals surface area contributed by atoms with Gasteiger partial charge in [-0.1, -0.05) is 0 Å². The molecule has 1 aromatic carbocycles. The Kier molecular flexibility index (Phi) is 4.90. The molecule has 0 aliphatic carbocycles. The Morgan fingerprint density at radius 3 is 1.38 bits per heavy atom. The van der Waals surface area contributed by atoms with Gasteiger partial charge in [-0.3, -0.25) is 0 Å². The average molecular weight is 322 g/mol. The summed E-state index contributed by atoms with van der Waals surface area (Å²) in [7, 11) is 0. The van der Waals surface area contributed by atoms with Crippen LogP contribution in [-0.4, -0.2) is 22.5 Å². The zero-order valence-corrected chi connectivity index (χ0v) is 14.2. The number of hydrogen-bond acceptors (Lipinski definition) is 0. The van der Waals surface area contributed by atoms with Gasteiger partial charge in [0.05, 0.1) is 0 Å². The van der Waals surface area contributed by atoms with Crippen LogP contribution in [0.3, 0.4) is 0 Å². The first-order valence-corrected chi connectivity index (χ1v) is 7.66. The first-order valence-electron chi connectivity index (χ1n) is 6.23. The zero-order valence-electron chi connectivity index (χ0n) is 11.4. The van der Waals surface area contributed by atoms with Crippen molar-refractivity contribution < 1.29 is 0 Å². The molecule has 0 spiro atoms. The first-order chi connectivity index (χ1) is 7.34. The molecule has 0 fully saturated rings. The van der Waals surface area contributed by atoms with E-state index in [1.807, 2.05) is 0 Å². The summed E-state index contributed by atoms with van der Waals surface area (Å²) in [6.45, 7) is 13.8. The van der Waals surface area contributed by atoms with E-state index >= 15 is 0 Å². The minimum atomic E-state index is 0.631. The molecule has 16 heavy (non-hydrogen) atoms. The molecule has 0 bridgehead atoms. The van der Waals surface area contributed by atoms with Crippen molar-refractivity contribution in [3.8, 4) is 0 Å². The van der Waals surface area contributed by atoms with E-state index in [2.05, 4.69) is 53.7 Å². The maximum atomic E-state index is 2.42. The van der Waals surface area contributed by atoms with Crippen molar-refractivity contribution in [2.75, 3.05) is 0 Å². The quantitative estimate of drug-likeness (QED) is 0.742. The Morgan fingerprint density at radius 2 is 1.12 bits per heavy atom. The molecule has 1 heteroatoms. The van der Waals surface area contributed by atoms with Gasteiger partial charge in [0.2, 0.25) is 0 Å². The van der Waals surface area contributed by atoms with Crippen molar-refractivity contribution >= 4 is 26.1 Å². The molecule has 0 heterocycles. The molecular formula is C15H23Sn-.